The molecular formula is C16H32N4O5S. The Hall–Kier alpha value is -1.23. The highest BCUT2D eigenvalue weighted by atomic mass is 32.2. The first-order valence-corrected chi connectivity index (χ1v) is 10.8. The van der Waals surface area contributed by atoms with Crippen LogP contribution in [0.5, 0.6) is 0 Å². The molecule has 1 amide bonds. The number of amides is 1. The highest BCUT2D eigenvalue weighted by Crippen LogP contribution is 2.18. The average molecular weight is 393 g/mol. The molecule has 26 heavy (non-hydrogen) atoms. The summed E-state index contributed by atoms with van der Waals surface area (Å²) in [4.78, 5) is 25.0. The van der Waals surface area contributed by atoms with Crippen molar-refractivity contribution >= 4 is 22.4 Å². The van der Waals surface area contributed by atoms with Gasteiger partial charge in [-0.2, -0.15) is 0 Å². The van der Waals surface area contributed by atoms with E-state index in [4.69, 9.17) is 9.90 Å². The van der Waals surface area contributed by atoms with E-state index in [-0.39, 0.29) is 12.4 Å². The minimum atomic E-state index is -3.07. The zero-order chi connectivity index (χ0) is 19.6. The largest absolute Gasteiger partial charge is 0.483 e. The standard InChI is InChI=1S/C15H30N4O3S.CH2O2/c1-17-6-3-7-18(11-10-17)13-15(20)16-12-14-4-8-19(9-5-14)23(2,21)22;2-1-3/h14H,3-13H2,1-2H3,(H,16,20);1H,(H,2,3). The van der Waals surface area contributed by atoms with Crippen molar-refractivity contribution in [2.24, 2.45) is 5.92 Å². The molecule has 0 aromatic carbocycles. The molecule has 2 heterocycles. The number of nitrogens with one attached hydrogen (secondary N) is 1. The fourth-order valence-corrected chi connectivity index (χ4v) is 4.09. The van der Waals surface area contributed by atoms with Gasteiger partial charge in [0.2, 0.25) is 15.9 Å². The summed E-state index contributed by atoms with van der Waals surface area (Å²) >= 11 is 0. The third-order valence-electron chi connectivity index (χ3n) is 4.81. The van der Waals surface area contributed by atoms with Gasteiger partial charge < -0.3 is 15.3 Å². The normalized spacial score (nSPS) is 21.3. The quantitative estimate of drug-likeness (QED) is 0.584. The Kier molecular flexibility index (Phi) is 10.1. The number of piperidine rings is 1. The fourth-order valence-electron chi connectivity index (χ4n) is 3.22. The first-order valence-electron chi connectivity index (χ1n) is 8.96. The minimum absolute atomic E-state index is 0.0834. The maximum atomic E-state index is 12.1. The van der Waals surface area contributed by atoms with Gasteiger partial charge in [0.1, 0.15) is 0 Å². The van der Waals surface area contributed by atoms with Crippen LogP contribution >= 0.6 is 0 Å². The summed E-state index contributed by atoms with van der Waals surface area (Å²) in [5, 5.41) is 9.91. The minimum Gasteiger partial charge on any atom is -0.483 e. The average Bonchev–Trinajstić information content (AvgIpc) is 2.78. The SMILES string of the molecule is CN1CCCN(CC(=O)NCC2CCN(S(C)(=O)=O)CC2)CC1.O=CO. The van der Waals surface area contributed by atoms with Gasteiger partial charge in [-0.25, -0.2) is 12.7 Å². The topological polar surface area (TPSA) is 110 Å². The summed E-state index contributed by atoms with van der Waals surface area (Å²) < 4.78 is 24.5. The van der Waals surface area contributed by atoms with Crippen molar-refractivity contribution in [3.63, 3.8) is 0 Å². The molecule has 0 bridgehead atoms. The molecule has 0 spiro atoms. The van der Waals surface area contributed by atoms with E-state index in [0.29, 0.717) is 32.1 Å². The summed E-state index contributed by atoms with van der Waals surface area (Å²) in [6.07, 6.45) is 4.01. The molecule has 2 aliphatic heterocycles. The van der Waals surface area contributed by atoms with Crippen LogP contribution in [0.3, 0.4) is 0 Å². The smallest absolute Gasteiger partial charge is 0.290 e. The summed E-state index contributed by atoms with van der Waals surface area (Å²) in [6, 6.07) is 0. The first-order chi connectivity index (χ1) is 12.3. The number of likely N-dealkylation sites (N-methyl/N-ethyl adjacent to an activating group) is 1. The summed E-state index contributed by atoms with van der Waals surface area (Å²) in [5.41, 5.74) is 0. The molecule has 2 aliphatic rings. The number of sulfonamides is 1. The molecule has 0 saturated carbocycles. The molecule has 0 aromatic rings. The van der Waals surface area contributed by atoms with Crippen LogP contribution in [0.1, 0.15) is 19.3 Å². The lowest BCUT2D eigenvalue weighted by Gasteiger charge is -2.30. The van der Waals surface area contributed by atoms with Crippen LogP contribution in [-0.4, -0.2) is 106 Å². The molecule has 2 saturated heterocycles. The van der Waals surface area contributed by atoms with Gasteiger partial charge in [0, 0.05) is 32.7 Å². The fraction of sp³-hybridized carbons (Fsp3) is 0.875. The Labute approximate surface area is 156 Å². The molecule has 0 aliphatic carbocycles. The predicted octanol–water partition coefficient (Wildman–Crippen LogP) is -0.887. The zero-order valence-electron chi connectivity index (χ0n) is 15.8. The lowest BCUT2D eigenvalue weighted by Crippen LogP contribution is -2.43. The summed E-state index contributed by atoms with van der Waals surface area (Å²) in [5.74, 6) is 0.465. The van der Waals surface area contributed by atoms with Crippen LogP contribution in [0, 0.1) is 5.92 Å². The lowest BCUT2D eigenvalue weighted by atomic mass is 9.98. The van der Waals surface area contributed by atoms with Gasteiger partial charge >= 0.3 is 0 Å². The second-order valence-corrected chi connectivity index (χ2v) is 8.93. The Balaban J connectivity index is 0.00000105. The van der Waals surface area contributed by atoms with Gasteiger partial charge in [0.05, 0.1) is 12.8 Å². The zero-order valence-corrected chi connectivity index (χ0v) is 16.6. The van der Waals surface area contributed by atoms with Crippen molar-refractivity contribution in [3.8, 4) is 0 Å². The van der Waals surface area contributed by atoms with Gasteiger partial charge in [0.15, 0.2) is 0 Å². The molecule has 0 aromatic heterocycles. The Bertz CT molecular complexity index is 535. The number of hydrogen-bond acceptors (Lipinski definition) is 6. The number of rotatable bonds is 5. The Morgan fingerprint density at radius 3 is 2.35 bits per heavy atom. The molecule has 0 unspecified atom stereocenters. The molecule has 0 atom stereocenters. The van der Waals surface area contributed by atoms with E-state index in [0.717, 1.165) is 45.4 Å². The second-order valence-electron chi connectivity index (χ2n) is 6.95. The summed E-state index contributed by atoms with van der Waals surface area (Å²) in [6.45, 7) is 6.03. The lowest BCUT2D eigenvalue weighted by molar-refractivity contribution is -0.123. The molecule has 0 radical (unpaired) electrons. The Morgan fingerprint density at radius 1 is 1.15 bits per heavy atom. The second kappa shape index (κ2) is 11.5. The molecule has 2 N–H and O–H groups in total. The van der Waals surface area contributed by atoms with Gasteiger partial charge in [-0.05, 0) is 45.3 Å². The third-order valence-corrected chi connectivity index (χ3v) is 6.11. The number of nitrogens with zero attached hydrogens (tertiary/aromatic N) is 3. The Morgan fingerprint density at radius 2 is 1.77 bits per heavy atom. The molecular weight excluding hydrogens is 360 g/mol. The third kappa shape index (κ3) is 8.93. The maximum Gasteiger partial charge on any atom is 0.290 e. The van der Waals surface area contributed by atoms with Crippen molar-refractivity contribution < 1.29 is 23.1 Å². The highest BCUT2D eigenvalue weighted by Gasteiger charge is 2.25. The van der Waals surface area contributed by atoms with Crippen LogP contribution < -0.4 is 5.32 Å². The van der Waals surface area contributed by atoms with E-state index in [1.54, 1.807) is 0 Å². The van der Waals surface area contributed by atoms with Gasteiger partial charge in [0.25, 0.3) is 6.47 Å². The van der Waals surface area contributed by atoms with E-state index in [2.05, 4.69) is 22.2 Å². The first kappa shape index (κ1) is 22.8. The van der Waals surface area contributed by atoms with E-state index < -0.39 is 10.0 Å². The predicted molar refractivity (Wildman–Crippen MR) is 99.4 cm³/mol. The highest BCUT2D eigenvalue weighted by molar-refractivity contribution is 7.88. The van der Waals surface area contributed by atoms with E-state index in [1.807, 2.05) is 0 Å². The van der Waals surface area contributed by atoms with Crippen molar-refractivity contribution in [1.82, 2.24) is 19.4 Å². The van der Waals surface area contributed by atoms with Gasteiger partial charge in [-0.15, -0.1) is 0 Å². The van der Waals surface area contributed by atoms with Crippen LogP contribution in [0.2, 0.25) is 0 Å². The number of carbonyl (C=O) groups is 2. The van der Waals surface area contributed by atoms with Crippen LogP contribution in [0.4, 0.5) is 0 Å². The monoisotopic (exact) mass is 392 g/mol. The molecule has 152 valence electrons. The van der Waals surface area contributed by atoms with Crippen LogP contribution in [0.15, 0.2) is 0 Å². The van der Waals surface area contributed by atoms with Crippen molar-refractivity contribution in [3.05, 3.63) is 0 Å². The number of hydrogen-bond donors (Lipinski definition) is 2. The van der Waals surface area contributed by atoms with Crippen LogP contribution in [-0.2, 0) is 19.6 Å². The van der Waals surface area contributed by atoms with E-state index in [9.17, 15) is 13.2 Å². The maximum absolute atomic E-state index is 12.1. The van der Waals surface area contributed by atoms with E-state index >= 15 is 0 Å². The number of carbonyl (C=O) groups excluding carboxylic acids is 1. The number of carboxylic acid groups (broad SMARTS) is 1. The van der Waals surface area contributed by atoms with Gasteiger partial charge in [-0.1, -0.05) is 0 Å². The van der Waals surface area contributed by atoms with Crippen molar-refractivity contribution in [1.29, 1.82) is 0 Å². The molecule has 10 heteroatoms. The molecule has 9 nitrogen and oxygen atoms in total. The van der Waals surface area contributed by atoms with Crippen molar-refractivity contribution in [2.45, 2.75) is 19.3 Å². The van der Waals surface area contributed by atoms with Crippen molar-refractivity contribution in [2.75, 3.05) is 65.7 Å². The van der Waals surface area contributed by atoms with Gasteiger partial charge in [-0.3, -0.25) is 14.5 Å². The van der Waals surface area contributed by atoms with E-state index in [1.165, 1.54) is 10.6 Å². The summed E-state index contributed by atoms with van der Waals surface area (Å²) in [7, 11) is -0.955. The molecule has 2 rings (SSSR count). The van der Waals surface area contributed by atoms with Crippen LogP contribution in [0.25, 0.3) is 0 Å². The molecule has 2 fully saturated rings.